The lowest BCUT2D eigenvalue weighted by Crippen LogP contribution is -1.98. The number of allylic oxidation sites excluding steroid dienone is 1. The fourth-order valence-electron chi connectivity index (χ4n) is 3.99. The third-order valence-electron chi connectivity index (χ3n) is 5.75. The van der Waals surface area contributed by atoms with Crippen molar-refractivity contribution in [2.24, 2.45) is 0 Å². The number of hydrogen-bond acceptors (Lipinski definition) is 6. The van der Waals surface area contributed by atoms with E-state index in [1.807, 2.05) is 54.6 Å². The van der Waals surface area contributed by atoms with Gasteiger partial charge in [-0.2, -0.15) is 0 Å². The maximum Gasteiger partial charge on any atom is 0.203 e. The second-order valence-electron chi connectivity index (χ2n) is 7.97. The smallest absolute Gasteiger partial charge is 0.203 e. The molecule has 190 valence electrons. The van der Waals surface area contributed by atoms with Gasteiger partial charge in [0.1, 0.15) is 0 Å². The lowest BCUT2D eigenvalue weighted by Gasteiger charge is -2.13. The van der Waals surface area contributed by atoms with Gasteiger partial charge in [-0.05, 0) is 41.5 Å². The van der Waals surface area contributed by atoms with Crippen molar-refractivity contribution in [1.29, 1.82) is 0 Å². The molecule has 2 N–H and O–H groups in total. The van der Waals surface area contributed by atoms with E-state index < -0.39 is 0 Å². The average molecular weight is 519 g/mol. The molecule has 1 aromatic heterocycles. The summed E-state index contributed by atoms with van der Waals surface area (Å²) in [6.07, 6.45) is 8.57. The zero-order valence-corrected chi connectivity index (χ0v) is 21.7. The molecule has 0 fully saturated rings. The van der Waals surface area contributed by atoms with E-state index in [1.54, 1.807) is 46.9 Å². The van der Waals surface area contributed by atoms with Crippen molar-refractivity contribution in [3.8, 4) is 23.0 Å². The van der Waals surface area contributed by atoms with Crippen LogP contribution in [0.2, 0.25) is 5.02 Å². The molecule has 0 spiro atoms. The molecule has 0 unspecified atom stereocenters. The van der Waals surface area contributed by atoms with E-state index >= 15 is 0 Å². The highest BCUT2D eigenvalue weighted by molar-refractivity contribution is 6.32. The Morgan fingerprint density at radius 1 is 0.865 bits per heavy atom. The van der Waals surface area contributed by atoms with E-state index in [9.17, 15) is 4.79 Å². The summed E-state index contributed by atoms with van der Waals surface area (Å²) in [4.78, 5) is 15.9. The van der Waals surface area contributed by atoms with Crippen LogP contribution in [0.1, 0.15) is 21.5 Å². The third kappa shape index (κ3) is 5.57. The third-order valence-corrected chi connectivity index (χ3v) is 6.03. The number of carbonyl (C=O) groups excluding carboxylic acids is 1. The van der Waals surface area contributed by atoms with Crippen molar-refractivity contribution >= 4 is 46.1 Å². The van der Waals surface area contributed by atoms with Crippen LogP contribution in [-0.2, 0) is 0 Å². The van der Waals surface area contributed by atoms with Crippen molar-refractivity contribution in [3.63, 3.8) is 0 Å². The molecule has 0 aliphatic rings. The topological polar surface area (TPSA) is 81.8 Å². The van der Waals surface area contributed by atoms with Crippen LogP contribution in [0.3, 0.4) is 0 Å². The maximum atomic E-state index is 12.8. The molecule has 0 saturated carbocycles. The summed E-state index contributed by atoms with van der Waals surface area (Å²) in [5, 5.41) is 4.42. The summed E-state index contributed by atoms with van der Waals surface area (Å²) in [7, 11) is 6.25. The summed E-state index contributed by atoms with van der Waals surface area (Å²) < 4.78 is 21.7. The number of para-hydroxylation sites is 1. The number of benzene rings is 3. The average Bonchev–Trinajstić information content (AvgIpc) is 3.35. The number of fused-ring (bicyclic) bond motifs is 1. The number of methoxy groups -OCH3 is 4. The number of ether oxygens (including phenoxy) is 4. The summed E-state index contributed by atoms with van der Waals surface area (Å²) in [6, 6.07) is 15.0. The summed E-state index contributed by atoms with van der Waals surface area (Å²) >= 11 is 6.49. The fraction of sp³-hybridized carbons (Fsp3) is 0.138. The lowest BCUT2D eigenvalue weighted by atomic mass is 10.1. The lowest BCUT2D eigenvalue weighted by molar-refractivity contribution is 0.104. The van der Waals surface area contributed by atoms with Crippen LogP contribution in [0, 0.1) is 0 Å². The Hall–Kier alpha value is -4.36. The first-order valence-corrected chi connectivity index (χ1v) is 11.8. The van der Waals surface area contributed by atoms with Crippen LogP contribution in [-0.4, -0.2) is 39.2 Å². The Morgan fingerprint density at radius 2 is 1.51 bits per heavy atom. The summed E-state index contributed by atoms with van der Waals surface area (Å²) in [5.74, 6) is 1.97. The Bertz CT molecular complexity index is 1460. The molecule has 0 aliphatic carbocycles. The number of anilines is 1. The molecule has 0 saturated heterocycles. The van der Waals surface area contributed by atoms with Gasteiger partial charge in [0.2, 0.25) is 5.75 Å². The predicted octanol–water partition coefficient (Wildman–Crippen LogP) is 6.83. The molecule has 0 radical (unpaired) electrons. The van der Waals surface area contributed by atoms with Crippen LogP contribution in [0.15, 0.2) is 67.0 Å². The van der Waals surface area contributed by atoms with Gasteiger partial charge in [0.05, 0.1) is 39.1 Å². The number of ketones is 1. The highest BCUT2D eigenvalue weighted by atomic mass is 35.5. The van der Waals surface area contributed by atoms with Gasteiger partial charge < -0.3 is 29.2 Å². The minimum absolute atomic E-state index is 0.131. The number of hydrogen-bond donors (Lipinski definition) is 2. The van der Waals surface area contributed by atoms with E-state index in [1.165, 1.54) is 6.08 Å². The van der Waals surface area contributed by atoms with Gasteiger partial charge in [-0.25, -0.2) is 0 Å². The van der Waals surface area contributed by atoms with Crippen LogP contribution < -0.4 is 24.3 Å². The molecule has 1 heterocycles. The minimum Gasteiger partial charge on any atom is -0.493 e. The first kappa shape index (κ1) is 25.7. The van der Waals surface area contributed by atoms with Gasteiger partial charge in [0, 0.05) is 34.9 Å². The SMILES string of the molecule is COc1cc(/C=C/c2cc(Cl)c(OC)c(N/C=C\C(=O)c3c[nH]c4ccccc34)c2)cc(OC)c1OC. The van der Waals surface area contributed by atoms with Gasteiger partial charge in [-0.3, -0.25) is 4.79 Å². The Balaban J connectivity index is 1.57. The molecular weight excluding hydrogens is 492 g/mol. The number of rotatable bonds is 10. The normalized spacial score (nSPS) is 11.3. The van der Waals surface area contributed by atoms with E-state index in [-0.39, 0.29) is 5.78 Å². The molecule has 7 nitrogen and oxygen atoms in total. The molecule has 0 atom stereocenters. The molecule has 37 heavy (non-hydrogen) atoms. The zero-order valence-electron chi connectivity index (χ0n) is 20.9. The van der Waals surface area contributed by atoms with Gasteiger partial charge in [0.15, 0.2) is 23.0 Å². The molecule has 3 aromatic carbocycles. The van der Waals surface area contributed by atoms with Crippen molar-refractivity contribution in [2.75, 3.05) is 33.8 Å². The van der Waals surface area contributed by atoms with Gasteiger partial charge in [-0.15, -0.1) is 0 Å². The van der Waals surface area contributed by atoms with E-state index in [4.69, 9.17) is 30.5 Å². The fourth-order valence-corrected chi connectivity index (χ4v) is 4.29. The van der Waals surface area contributed by atoms with E-state index in [0.29, 0.717) is 39.3 Å². The second-order valence-corrected chi connectivity index (χ2v) is 8.37. The number of halogens is 1. The van der Waals surface area contributed by atoms with Crippen LogP contribution >= 0.6 is 11.6 Å². The zero-order chi connectivity index (χ0) is 26.4. The standard InChI is InChI=1S/C29H27ClN2O5/c1-34-26-15-19(16-27(35-2)29(26)37-4)10-9-18-13-22(30)28(36-3)24(14-18)31-12-11-25(33)21-17-32-23-8-6-5-7-20(21)23/h5-17,31-32H,1-4H3/b10-9+,12-11-. The molecule has 0 aliphatic heterocycles. The van der Waals surface area contributed by atoms with Gasteiger partial charge >= 0.3 is 0 Å². The number of aromatic amines is 1. The summed E-state index contributed by atoms with van der Waals surface area (Å²) in [5.41, 5.74) is 3.79. The van der Waals surface area contributed by atoms with E-state index in [2.05, 4.69) is 10.3 Å². The quantitative estimate of drug-likeness (QED) is 0.136. The van der Waals surface area contributed by atoms with Crippen molar-refractivity contribution in [1.82, 2.24) is 4.98 Å². The molecular formula is C29H27ClN2O5. The Morgan fingerprint density at radius 3 is 2.16 bits per heavy atom. The first-order valence-electron chi connectivity index (χ1n) is 11.4. The number of H-pyrrole nitrogens is 1. The molecule has 4 rings (SSSR count). The van der Waals surface area contributed by atoms with Crippen molar-refractivity contribution in [3.05, 3.63) is 88.7 Å². The largest absolute Gasteiger partial charge is 0.493 e. The number of nitrogens with one attached hydrogen (secondary N) is 2. The van der Waals surface area contributed by atoms with Crippen LogP contribution in [0.5, 0.6) is 23.0 Å². The van der Waals surface area contributed by atoms with Gasteiger partial charge in [0.25, 0.3) is 0 Å². The van der Waals surface area contributed by atoms with E-state index in [0.717, 1.165) is 22.0 Å². The first-order chi connectivity index (χ1) is 18.0. The van der Waals surface area contributed by atoms with Crippen molar-refractivity contribution < 1.29 is 23.7 Å². The van der Waals surface area contributed by atoms with Crippen molar-refractivity contribution in [2.45, 2.75) is 0 Å². The van der Waals surface area contributed by atoms with Crippen LogP contribution in [0.4, 0.5) is 5.69 Å². The van der Waals surface area contributed by atoms with Crippen LogP contribution in [0.25, 0.3) is 23.1 Å². The molecule has 4 aromatic rings. The Labute approximate surface area is 220 Å². The maximum absolute atomic E-state index is 12.8. The minimum atomic E-state index is -0.131. The molecule has 0 amide bonds. The second kappa shape index (κ2) is 11.6. The highest BCUT2D eigenvalue weighted by Gasteiger charge is 2.13. The number of aromatic nitrogens is 1. The molecule has 8 heteroatoms. The Kier molecular flexibility index (Phi) is 8.05. The highest BCUT2D eigenvalue weighted by Crippen LogP contribution is 2.39. The predicted molar refractivity (Wildman–Crippen MR) is 148 cm³/mol. The summed E-state index contributed by atoms with van der Waals surface area (Å²) in [6.45, 7) is 0. The van der Waals surface area contributed by atoms with Gasteiger partial charge in [-0.1, -0.05) is 42.0 Å². The molecule has 0 bridgehead atoms. The monoisotopic (exact) mass is 518 g/mol. The number of carbonyl (C=O) groups is 1.